The minimum absolute atomic E-state index is 0.0550. The first-order chi connectivity index (χ1) is 22.5. The summed E-state index contributed by atoms with van der Waals surface area (Å²) in [6.07, 6.45) is -2.03. The molecular formula is C36H47N5O6S. The minimum Gasteiger partial charge on any atom is -0.465 e. The molecule has 2 aromatic carbocycles. The van der Waals surface area contributed by atoms with E-state index in [-0.39, 0.29) is 25.9 Å². The number of rotatable bonds is 10. The molecule has 4 rings (SSSR count). The van der Waals surface area contributed by atoms with Crippen LogP contribution in [0.15, 0.2) is 60.1 Å². The maximum absolute atomic E-state index is 14.2. The molecule has 3 aromatic rings. The fourth-order valence-corrected chi connectivity index (χ4v) is 6.86. The smallest absolute Gasteiger partial charge is 0.408 e. The molecule has 2 heterocycles. The normalized spacial score (nSPS) is 17.8. The van der Waals surface area contributed by atoms with Crippen LogP contribution in [0.4, 0.5) is 4.79 Å². The zero-order chi connectivity index (χ0) is 35.4. The number of aliphatic hydroxyl groups is 1. The maximum Gasteiger partial charge on any atom is 0.408 e. The fourth-order valence-electron chi connectivity index (χ4n) is 6.05. The molecule has 0 aliphatic carbocycles. The number of carbonyl (C=O) groups is 4. The van der Waals surface area contributed by atoms with E-state index in [0.29, 0.717) is 0 Å². The van der Waals surface area contributed by atoms with Gasteiger partial charge in [-0.15, -0.1) is 11.3 Å². The van der Waals surface area contributed by atoms with E-state index in [1.807, 2.05) is 61.5 Å². The van der Waals surface area contributed by atoms with Gasteiger partial charge in [0.05, 0.1) is 22.2 Å². The first-order valence-electron chi connectivity index (χ1n) is 16.1. The van der Waals surface area contributed by atoms with E-state index in [2.05, 4.69) is 15.6 Å². The predicted octanol–water partition coefficient (Wildman–Crippen LogP) is 4.62. The van der Waals surface area contributed by atoms with Crippen molar-refractivity contribution >= 4 is 35.2 Å². The molecule has 48 heavy (non-hydrogen) atoms. The summed E-state index contributed by atoms with van der Waals surface area (Å²) in [6.45, 7) is 12.6. The first kappa shape index (κ1) is 36.5. The molecule has 4 amide bonds. The van der Waals surface area contributed by atoms with Crippen LogP contribution in [0.1, 0.15) is 64.8 Å². The lowest BCUT2D eigenvalue weighted by atomic mass is 9.85. The number of carboxylic acid groups (broad SMARTS) is 1. The number of aryl methyl sites for hydroxylation is 1. The van der Waals surface area contributed by atoms with Crippen molar-refractivity contribution in [3.63, 3.8) is 0 Å². The molecule has 1 aromatic heterocycles. The van der Waals surface area contributed by atoms with Crippen molar-refractivity contribution in [2.24, 2.45) is 5.41 Å². The van der Waals surface area contributed by atoms with Crippen LogP contribution in [-0.4, -0.2) is 85.1 Å². The number of aliphatic hydroxyl groups excluding tert-OH is 1. The molecular weight excluding hydrogens is 630 g/mol. The summed E-state index contributed by atoms with van der Waals surface area (Å²) in [4.78, 5) is 62.1. The fraction of sp³-hybridized carbons (Fsp3) is 0.472. The number of hydrogen-bond acceptors (Lipinski definition) is 7. The summed E-state index contributed by atoms with van der Waals surface area (Å²) in [7, 11) is 0. The van der Waals surface area contributed by atoms with Gasteiger partial charge in [-0.05, 0) is 49.8 Å². The Balaban J connectivity index is 1.52. The summed E-state index contributed by atoms with van der Waals surface area (Å²) in [5.41, 5.74) is 3.69. The van der Waals surface area contributed by atoms with Gasteiger partial charge in [0.15, 0.2) is 0 Å². The van der Waals surface area contributed by atoms with Crippen molar-refractivity contribution < 1.29 is 29.4 Å². The number of likely N-dealkylation sites (tertiary alicyclic amines) is 1. The van der Waals surface area contributed by atoms with E-state index >= 15 is 0 Å². The average Bonchev–Trinajstić information content (AvgIpc) is 3.62. The maximum atomic E-state index is 14.2. The molecule has 11 nitrogen and oxygen atoms in total. The first-order valence-corrected chi connectivity index (χ1v) is 17.0. The van der Waals surface area contributed by atoms with E-state index in [0.717, 1.165) is 32.2 Å². The van der Waals surface area contributed by atoms with E-state index in [4.69, 9.17) is 0 Å². The predicted molar refractivity (Wildman–Crippen MR) is 185 cm³/mol. The van der Waals surface area contributed by atoms with E-state index in [1.54, 1.807) is 58.4 Å². The molecule has 258 valence electrons. The molecule has 0 spiro atoms. The summed E-state index contributed by atoms with van der Waals surface area (Å²) in [5.74, 6) is -1.55. The molecule has 0 saturated carbocycles. The van der Waals surface area contributed by atoms with Crippen LogP contribution < -0.4 is 10.6 Å². The number of nitrogens with zero attached hydrogens (tertiary/aromatic N) is 3. The van der Waals surface area contributed by atoms with Crippen molar-refractivity contribution in [1.82, 2.24) is 25.4 Å². The third kappa shape index (κ3) is 8.78. The lowest BCUT2D eigenvalue weighted by molar-refractivity contribution is -0.145. The molecule has 2 unspecified atom stereocenters. The number of aromatic nitrogens is 1. The summed E-state index contributed by atoms with van der Waals surface area (Å²) in [5, 5.41) is 26.6. The third-order valence-electron chi connectivity index (χ3n) is 8.51. The van der Waals surface area contributed by atoms with Gasteiger partial charge in [0, 0.05) is 31.5 Å². The van der Waals surface area contributed by atoms with Gasteiger partial charge in [0.1, 0.15) is 18.1 Å². The van der Waals surface area contributed by atoms with Gasteiger partial charge in [0.2, 0.25) is 17.7 Å². The Morgan fingerprint density at radius 2 is 1.65 bits per heavy atom. The SMILES string of the molecule is Cc1ncsc1-c1ccc(CNC(=O)[C@@H]2C[C@@H](O)CN2C(=O)C(NC(=O)C(Cc2ccccc2)N(C(=O)O)C(C)(C)C)C(C)(C)C)cc1. The summed E-state index contributed by atoms with van der Waals surface area (Å²) < 4.78 is 0. The van der Waals surface area contributed by atoms with Gasteiger partial charge in [-0.1, -0.05) is 75.4 Å². The highest BCUT2D eigenvalue weighted by molar-refractivity contribution is 7.13. The zero-order valence-electron chi connectivity index (χ0n) is 28.7. The molecule has 12 heteroatoms. The van der Waals surface area contributed by atoms with Gasteiger partial charge in [0.25, 0.3) is 0 Å². The molecule has 1 saturated heterocycles. The van der Waals surface area contributed by atoms with Crippen LogP contribution in [-0.2, 0) is 27.3 Å². The molecule has 1 aliphatic rings. The largest absolute Gasteiger partial charge is 0.465 e. The van der Waals surface area contributed by atoms with E-state index in [9.17, 15) is 29.4 Å². The molecule has 1 aliphatic heterocycles. The van der Waals surface area contributed by atoms with Crippen LogP contribution in [0.3, 0.4) is 0 Å². The quantitative estimate of drug-likeness (QED) is 0.245. The highest BCUT2D eigenvalue weighted by atomic mass is 32.1. The Morgan fingerprint density at radius 3 is 2.19 bits per heavy atom. The van der Waals surface area contributed by atoms with Gasteiger partial charge in [-0.25, -0.2) is 9.78 Å². The topological polar surface area (TPSA) is 152 Å². The van der Waals surface area contributed by atoms with Crippen molar-refractivity contribution in [3.05, 3.63) is 76.9 Å². The molecule has 0 radical (unpaired) electrons. The Labute approximate surface area is 286 Å². The monoisotopic (exact) mass is 677 g/mol. The lowest BCUT2D eigenvalue weighted by Crippen LogP contribution is -2.63. The molecule has 4 atom stereocenters. The zero-order valence-corrected chi connectivity index (χ0v) is 29.5. The average molecular weight is 678 g/mol. The highest BCUT2D eigenvalue weighted by Gasteiger charge is 2.46. The minimum atomic E-state index is -1.26. The van der Waals surface area contributed by atoms with Crippen LogP contribution >= 0.6 is 11.3 Å². The summed E-state index contributed by atoms with van der Waals surface area (Å²) in [6, 6.07) is 13.7. The van der Waals surface area contributed by atoms with Crippen LogP contribution in [0.2, 0.25) is 0 Å². The van der Waals surface area contributed by atoms with Gasteiger partial charge < -0.3 is 25.7 Å². The number of carbonyl (C=O) groups excluding carboxylic acids is 3. The third-order valence-corrected chi connectivity index (χ3v) is 9.49. The Morgan fingerprint density at radius 1 is 1.00 bits per heavy atom. The second-order valence-corrected chi connectivity index (χ2v) is 15.3. The lowest BCUT2D eigenvalue weighted by Gasteiger charge is -2.41. The van der Waals surface area contributed by atoms with Crippen molar-refractivity contribution in [2.45, 2.75) is 97.6 Å². The van der Waals surface area contributed by atoms with Crippen molar-refractivity contribution in [3.8, 4) is 10.4 Å². The van der Waals surface area contributed by atoms with Gasteiger partial charge in [-0.3, -0.25) is 19.3 Å². The molecule has 1 fully saturated rings. The highest BCUT2D eigenvalue weighted by Crippen LogP contribution is 2.29. The van der Waals surface area contributed by atoms with E-state index < -0.39 is 59.0 Å². The van der Waals surface area contributed by atoms with E-state index in [1.165, 1.54) is 4.90 Å². The van der Waals surface area contributed by atoms with Crippen LogP contribution in [0, 0.1) is 12.3 Å². The Kier molecular flexibility index (Phi) is 11.3. The van der Waals surface area contributed by atoms with Gasteiger partial charge >= 0.3 is 6.09 Å². The number of nitrogens with one attached hydrogen (secondary N) is 2. The number of β-amino-alcohol motifs (C(OH)–C–C–N with tert-alkyl or cyclic N) is 1. The molecule has 0 bridgehead atoms. The molecule has 4 N–H and O–H groups in total. The van der Waals surface area contributed by atoms with Crippen LogP contribution in [0.25, 0.3) is 10.4 Å². The van der Waals surface area contributed by atoms with Crippen LogP contribution in [0.5, 0.6) is 0 Å². The number of hydrogen-bond donors (Lipinski definition) is 4. The van der Waals surface area contributed by atoms with Crippen molar-refractivity contribution in [1.29, 1.82) is 0 Å². The standard InChI is InChI=1S/C36H47N5O6S/c1-22-29(48-21-38-22)25-15-13-24(14-16-25)19-37-31(43)27-18-26(42)20-40(27)33(45)30(35(2,3)4)39-32(44)28(17-23-11-9-8-10-12-23)41(34(46)47)36(5,6)7/h8-16,21,26-28,30,42H,17-20H2,1-7H3,(H,37,43)(H,39,44)(H,46,47)/t26-,27+,28?,30?/m1/s1. The summed E-state index contributed by atoms with van der Waals surface area (Å²) >= 11 is 1.56. The Hall–Kier alpha value is -4.29. The second kappa shape index (κ2) is 14.9. The number of amides is 4. The number of thiazole rings is 1. The number of benzene rings is 2. The van der Waals surface area contributed by atoms with Gasteiger partial charge in [-0.2, -0.15) is 0 Å². The Bertz CT molecular complexity index is 1600. The second-order valence-electron chi connectivity index (χ2n) is 14.4. The van der Waals surface area contributed by atoms with Crippen molar-refractivity contribution in [2.75, 3.05) is 6.54 Å².